The van der Waals surface area contributed by atoms with E-state index in [0.29, 0.717) is 25.0 Å². The van der Waals surface area contributed by atoms with Gasteiger partial charge in [-0.05, 0) is 91.3 Å². The fourth-order valence-electron chi connectivity index (χ4n) is 14.3. The van der Waals surface area contributed by atoms with Crippen molar-refractivity contribution < 1.29 is 29.2 Å². The van der Waals surface area contributed by atoms with Gasteiger partial charge in [-0.2, -0.15) is 0 Å². The lowest BCUT2D eigenvalue weighted by Gasteiger charge is -2.18. The number of ether oxygens (including phenoxy) is 4. The molecule has 2 N–H and O–H groups in total. The van der Waals surface area contributed by atoms with Crippen LogP contribution in [0.2, 0.25) is 0 Å². The van der Waals surface area contributed by atoms with Crippen LogP contribution in [0, 0.1) is 59.2 Å². The molecule has 0 spiro atoms. The van der Waals surface area contributed by atoms with Crippen molar-refractivity contribution in [1.82, 2.24) is 0 Å². The summed E-state index contributed by atoms with van der Waals surface area (Å²) in [6.45, 7) is 28.1. The molecule has 6 heteroatoms. The maximum Gasteiger partial charge on any atom is 0.104 e. The zero-order valence-electron chi connectivity index (χ0n) is 61.2. The lowest BCUT2D eigenvalue weighted by atomic mass is 9.91. The van der Waals surface area contributed by atoms with Crippen LogP contribution in [0.4, 0.5) is 0 Å². The minimum atomic E-state index is -0.180. The molecule has 6 nitrogen and oxygen atoms in total. The molecule has 10 atom stereocenters. The molecule has 0 aliphatic heterocycles. The topological polar surface area (TPSA) is 77.4 Å². The van der Waals surface area contributed by atoms with Crippen molar-refractivity contribution in [1.29, 1.82) is 0 Å². The van der Waals surface area contributed by atoms with E-state index in [2.05, 4.69) is 69.2 Å². The van der Waals surface area contributed by atoms with Crippen LogP contribution >= 0.6 is 0 Å². The average molecular weight is 1230 g/mol. The Morgan fingerprint density at radius 2 is 0.494 bits per heavy atom. The molecule has 1 saturated carbocycles. The molecule has 0 saturated heterocycles. The van der Waals surface area contributed by atoms with E-state index in [9.17, 15) is 10.2 Å². The van der Waals surface area contributed by atoms with E-state index in [0.717, 1.165) is 99.5 Å². The van der Waals surface area contributed by atoms with Crippen molar-refractivity contribution in [3.63, 3.8) is 0 Å². The summed E-state index contributed by atoms with van der Waals surface area (Å²) in [5.74, 6) is 8.61. The van der Waals surface area contributed by atoms with Gasteiger partial charge in [-0.1, -0.05) is 365 Å². The van der Waals surface area contributed by atoms with Crippen molar-refractivity contribution in [2.24, 2.45) is 59.2 Å². The third kappa shape index (κ3) is 59.3. The van der Waals surface area contributed by atoms with Gasteiger partial charge in [-0.3, -0.25) is 0 Å². The van der Waals surface area contributed by atoms with Crippen LogP contribution in [0.5, 0.6) is 0 Å². The standard InChI is InChI=1S/C81H162O6/c1-70(2)43-37-45-72(5)47-39-49-74(7)51-41-53-76(9)59-63-86-80(66-82)68-84-61-35-31-27-23-19-15-11-13-17-21-25-29-33-55-78-57-58-79(65-78)56-34-30-26-22-18-14-12-16-20-24-28-32-36-62-85-69-81(67-83)87-64-60-77(10)54-42-52-75(8)50-40-48-73(6)46-38-44-71(3)4/h70-83H,11-69H2,1-10H3/t72-,73-,74-,75-,76?,77?,78-,79+,80?,81?/m1/s1. The van der Waals surface area contributed by atoms with Crippen LogP contribution < -0.4 is 0 Å². The van der Waals surface area contributed by atoms with Gasteiger partial charge in [0.25, 0.3) is 0 Å². The molecule has 1 aliphatic rings. The van der Waals surface area contributed by atoms with Crippen LogP contribution in [0.15, 0.2) is 0 Å². The number of hydrogen-bond acceptors (Lipinski definition) is 6. The molecule has 522 valence electrons. The van der Waals surface area contributed by atoms with Gasteiger partial charge >= 0.3 is 0 Å². The first-order chi connectivity index (χ1) is 42.3. The molecule has 0 amide bonds. The van der Waals surface area contributed by atoms with Crippen LogP contribution in [0.3, 0.4) is 0 Å². The molecule has 0 aromatic heterocycles. The lowest BCUT2D eigenvalue weighted by Crippen LogP contribution is -2.25. The third-order valence-corrected chi connectivity index (χ3v) is 20.9. The summed E-state index contributed by atoms with van der Waals surface area (Å²) < 4.78 is 23.9. The molecule has 1 rings (SSSR count). The van der Waals surface area contributed by atoms with E-state index in [1.807, 2.05) is 0 Å². The molecule has 0 bridgehead atoms. The van der Waals surface area contributed by atoms with Gasteiger partial charge in [0.05, 0.1) is 26.4 Å². The predicted octanol–water partition coefficient (Wildman–Crippen LogP) is 25.0. The van der Waals surface area contributed by atoms with E-state index >= 15 is 0 Å². The summed E-state index contributed by atoms with van der Waals surface area (Å²) in [5.41, 5.74) is 0. The molecule has 0 heterocycles. The summed E-state index contributed by atoms with van der Waals surface area (Å²) in [6.07, 6.45) is 70.2. The van der Waals surface area contributed by atoms with Gasteiger partial charge in [-0.25, -0.2) is 0 Å². The zero-order chi connectivity index (χ0) is 63.5. The van der Waals surface area contributed by atoms with Gasteiger partial charge in [0.15, 0.2) is 0 Å². The second-order valence-electron chi connectivity index (χ2n) is 31.4. The summed E-state index contributed by atoms with van der Waals surface area (Å²) in [5, 5.41) is 19.7. The summed E-state index contributed by atoms with van der Waals surface area (Å²) in [6, 6.07) is 0. The minimum absolute atomic E-state index is 0.0528. The first kappa shape index (κ1) is 84.8. The Balaban J connectivity index is 1.81. The molecule has 0 aromatic rings. The maximum absolute atomic E-state index is 9.84. The van der Waals surface area contributed by atoms with Crippen molar-refractivity contribution in [2.45, 2.75) is 409 Å². The SMILES string of the molecule is CC(C)CCC[C@@H](C)CCC[C@@H](C)CCCC(C)CCOC(CO)COCCCCCCCCCCCCCCC[C@@H]1CC[C@H](CCCCCCCCCCCCCCCOCC(CO)OCCC(C)CCC[C@H](C)CCC[C@H](C)CCCC(C)C)C1. The second-order valence-corrected chi connectivity index (χ2v) is 31.4. The highest BCUT2D eigenvalue weighted by Crippen LogP contribution is 2.37. The Hall–Kier alpha value is -0.240. The van der Waals surface area contributed by atoms with Crippen molar-refractivity contribution in [2.75, 3.05) is 52.9 Å². The highest BCUT2D eigenvalue weighted by atomic mass is 16.5. The summed E-state index contributed by atoms with van der Waals surface area (Å²) >= 11 is 0. The van der Waals surface area contributed by atoms with Crippen molar-refractivity contribution in [3.05, 3.63) is 0 Å². The average Bonchev–Trinajstić information content (AvgIpc) is 4.23. The molecule has 4 unspecified atom stereocenters. The highest BCUT2D eigenvalue weighted by Gasteiger charge is 2.24. The summed E-state index contributed by atoms with van der Waals surface area (Å²) in [7, 11) is 0. The Morgan fingerprint density at radius 1 is 0.264 bits per heavy atom. The van der Waals surface area contributed by atoms with E-state index < -0.39 is 0 Å². The quantitative estimate of drug-likeness (QED) is 0.0591. The lowest BCUT2D eigenvalue weighted by molar-refractivity contribution is -0.0459. The molecular weight excluding hydrogens is 1070 g/mol. The summed E-state index contributed by atoms with van der Waals surface area (Å²) in [4.78, 5) is 0. The van der Waals surface area contributed by atoms with Crippen LogP contribution in [0.1, 0.15) is 397 Å². The van der Waals surface area contributed by atoms with Crippen LogP contribution in [-0.2, 0) is 18.9 Å². The van der Waals surface area contributed by atoms with Gasteiger partial charge in [0.2, 0.25) is 0 Å². The Kier molecular flexibility index (Phi) is 61.6. The predicted molar refractivity (Wildman–Crippen MR) is 382 cm³/mol. The number of hydrogen-bond donors (Lipinski definition) is 2. The minimum Gasteiger partial charge on any atom is -0.394 e. The third-order valence-electron chi connectivity index (χ3n) is 20.9. The first-order valence-electron chi connectivity index (χ1n) is 39.9. The van der Waals surface area contributed by atoms with Crippen LogP contribution in [-0.4, -0.2) is 75.3 Å². The number of aliphatic hydroxyl groups is 2. The zero-order valence-corrected chi connectivity index (χ0v) is 61.2. The normalized spacial score (nSPS) is 17.6. The molecule has 1 aliphatic carbocycles. The second kappa shape index (κ2) is 63.2. The molecule has 1 fully saturated rings. The molecule has 87 heavy (non-hydrogen) atoms. The largest absolute Gasteiger partial charge is 0.394 e. The van der Waals surface area contributed by atoms with Gasteiger partial charge in [0.1, 0.15) is 12.2 Å². The van der Waals surface area contributed by atoms with Gasteiger partial charge in [0, 0.05) is 26.4 Å². The van der Waals surface area contributed by atoms with Crippen molar-refractivity contribution in [3.8, 4) is 0 Å². The maximum atomic E-state index is 9.84. The Bertz CT molecular complexity index is 1240. The van der Waals surface area contributed by atoms with E-state index in [1.54, 1.807) is 6.42 Å². The van der Waals surface area contributed by atoms with Crippen LogP contribution in [0.25, 0.3) is 0 Å². The first-order valence-corrected chi connectivity index (χ1v) is 39.9. The fraction of sp³-hybridized carbons (Fsp3) is 1.00. The molecule has 0 radical (unpaired) electrons. The Labute approximate surface area is 547 Å². The van der Waals surface area contributed by atoms with E-state index in [-0.39, 0.29) is 25.4 Å². The molecular formula is C81H162O6. The van der Waals surface area contributed by atoms with Gasteiger partial charge < -0.3 is 29.2 Å². The number of unbranched alkanes of at least 4 members (excludes halogenated alkanes) is 24. The molecule has 0 aromatic carbocycles. The monoisotopic (exact) mass is 1230 g/mol. The number of rotatable bonds is 70. The Morgan fingerprint density at radius 3 is 0.747 bits per heavy atom. The van der Waals surface area contributed by atoms with E-state index in [1.165, 1.54) is 295 Å². The number of aliphatic hydroxyl groups excluding tert-OH is 2. The van der Waals surface area contributed by atoms with Crippen molar-refractivity contribution >= 4 is 0 Å². The highest BCUT2D eigenvalue weighted by molar-refractivity contribution is 4.76. The van der Waals surface area contributed by atoms with Gasteiger partial charge in [-0.15, -0.1) is 0 Å². The smallest absolute Gasteiger partial charge is 0.104 e. The fourth-order valence-corrected chi connectivity index (χ4v) is 14.3. The van der Waals surface area contributed by atoms with E-state index in [4.69, 9.17) is 18.9 Å².